The van der Waals surface area contributed by atoms with Gasteiger partial charge in [-0.1, -0.05) is 0 Å². The van der Waals surface area contributed by atoms with E-state index in [-0.39, 0.29) is 24.6 Å². The van der Waals surface area contributed by atoms with Crippen LogP contribution in [-0.2, 0) is 4.79 Å². The second-order valence-corrected chi connectivity index (χ2v) is 4.52. The van der Waals surface area contributed by atoms with Gasteiger partial charge in [-0.25, -0.2) is 0 Å². The predicted molar refractivity (Wildman–Crippen MR) is 57.5 cm³/mol. The summed E-state index contributed by atoms with van der Waals surface area (Å²) in [6, 6.07) is 0.214. The van der Waals surface area contributed by atoms with E-state index in [9.17, 15) is 9.90 Å². The van der Waals surface area contributed by atoms with E-state index >= 15 is 0 Å². The lowest BCUT2D eigenvalue weighted by Crippen LogP contribution is -2.48. The van der Waals surface area contributed by atoms with E-state index < -0.39 is 0 Å². The van der Waals surface area contributed by atoms with Gasteiger partial charge in [-0.05, 0) is 38.6 Å². The van der Waals surface area contributed by atoms with E-state index in [1.54, 1.807) is 0 Å². The van der Waals surface area contributed by atoms with Crippen molar-refractivity contribution in [1.29, 1.82) is 0 Å². The number of hydrogen-bond acceptors (Lipinski definition) is 3. The van der Waals surface area contributed by atoms with E-state index in [0.29, 0.717) is 0 Å². The molecule has 0 spiro atoms. The molecule has 2 unspecified atom stereocenters. The van der Waals surface area contributed by atoms with Gasteiger partial charge in [0.25, 0.3) is 0 Å². The highest BCUT2D eigenvalue weighted by molar-refractivity contribution is 5.82. The standard InChI is InChI=1S/C11H20N2O2/c14-8-9-4-3-7-13(9)10-5-1-2-6-12-11(10)15/h9-10,14H,1-8H2,(H,12,15). The summed E-state index contributed by atoms with van der Waals surface area (Å²) in [5.41, 5.74) is 0. The van der Waals surface area contributed by atoms with E-state index in [2.05, 4.69) is 10.2 Å². The van der Waals surface area contributed by atoms with E-state index in [1.807, 2.05) is 0 Å². The molecule has 2 rings (SSSR count). The van der Waals surface area contributed by atoms with Crippen LogP contribution >= 0.6 is 0 Å². The monoisotopic (exact) mass is 212 g/mol. The second kappa shape index (κ2) is 4.94. The summed E-state index contributed by atoms with van der Waals surface area (Å²) in [4.78, 5) is 14.0. The second-order valence-electron chi connectivity index (χ2n) is 4.52. The van der Waals surface area contributed by atoms with Gasteiger partial charge >= 0.3 is 0 Å². The zero-order valence-corrected chi connectivity index (χ0v) is 9.11. The SMILES string of the molecule is O=C1NCCCCC1N1CCCC1CO. The van der Waals surface area contributed by atoms with Crippen molar-refractivity contribution in [2.24, 2.45) is 0 Å². The molecule has 2 atom stereocenters. The highest BCUT2D eigenvalue weighted by atomic mass is 16.3. The van der Waals surface area contributed by atoms with Crippen LogP contribution in [0.3, 0.4) is 0 Å². The molecule has 2 fully saturated rings. The fraction of sp³-hybridized carbons (Fsp3) is 0.909. The minimum Gasteiger partial charge on any atom is -0.395 e. The van der Waals surface area contributed by atoms with Crippen LogP contribution in [0.5, 0.6) is 0 Å². The van der Waals surface area contributed by atoms with Crippen LogP contribution in [0.15, 0.2) is 0 Å². The molecular formula is C11H20N2O2. The van der Waals surface area contributed by atoms with Crippen molar-refractivity contribution in [1.82, 2.24) is 10.2 Å². The van der Waals surface area contributed by atoms with Crippen LogP contribution in [0.4, 0.5) is 0 Å². The molecule has 2 aliphatic rings. The van der Waals surface area contributed by atoms with E-state index in [4.69, 9.17) is 0 Å². The Morgan fingerprint density at radius 2 is 2.20 bits per heavy atom. The Hall–Kier alpha value is -0.610. The number of carbonyl (C=O) groups is 1. The van der Waals surface area contributed by atoms with Crippen molar-refractivity contribution in [3.8, 4) is 0 Å². The molecule has 0 aliphatic carbocycles. The number of aliphatic hydroxyl groups is 1. The summed E-state index contributed by atoms with van der Waals surface area (Å²) in [6.07, 6.45) is 5.27. The molecule has 0 saturated carbocycles. The number of nitrogens with one attached hydrogen (secondary N) is 1. The quantitative estimate of drug-likeness (QED) is 0.683. The van der Waals surface area contributed by atoms with Crippen molar-refractivity contribution in [3.63, 3.8) is 0 Å². The highest BCUT2D eigenvalue weighted by Crippen LogP contribution is 2.23. The summed E-state index contributed by atoms with van der Waals surface area (Å²) in [5.74, 6) is 0.160. The van der Waals surface area contributed by atoms with Crippen LogP contribution in [0, 0.1) is 0 Å². The zero-order valence-electron chi connectivity index (χ0n) is 9.11. The number of rotatable bonds is 2. The van der Waals surface area contributed by atoms with Crippen LogP contribution in [0.25, 0.3) is 0 Å². The molecule has 4 heteroatoms. The molecule has 0 bridgehead atoms. The normalized spacial score (nSPS) is 33.8. The van der Waals surface area contributed by atoms with Gasteiger partial charge in [0, 0.05) is 12.6 Å². The maximum atomic E-state index is 11.8. The van der Waals surface area contributed by atoms with E-state index in [0.717, 1.165) is 45.2 Å². The van der Waals surface area contributed by atoms with Crippen molar-refractivity contribution in [3.05, 3.63) is 0 Å². The maximum absolute atomic E-state index is 11.8. The number of hydrogen-bond donors (Lipinski definition) is 2. The predicted octanol–water partition coefficient (Wildman–Crippen LogP) is 0.112. The fourth-order valence-electron chi connectivity index (χ4n) is 2.70. The maximum Gasteiger partial charge on any atom is 0.237 e. The van der Waals surface area contributed by atoms with Crippen molar-refractivity contribution in [2.45, 2.75) is 44.2 Å². The van der Waals surface area contributed by atoms with Gasteiger partial charge in [0.05, 0.1) is 12.6 Å². The molecule has 0 aromatic carbocycles. The van der Waals surface area contributed by atoms with Crippen LogP contribution in [0.2, 0.25) is 0 Å². The topological polar surface area (TPSA) is 52.6 Å². The molecule has 2 saturated heterocycles. The summed E-state index contributed by atoms with van der Waals surface area (Å²) in [7, 11) is 0. The molecular weight excluding hydrogens is 192 g/mol. The molecule has 4 nitrogen and oxygen atoms in total. The Labute approximate surface area is 90.6 Å². The number of amides is 1. The highest BCUT2D eigenvalue weighted by Gasteiger charge is 2.34. The minimum absolute atomic E-state index is 0.00662. The first-order valence-electron chi connectivity index (χ1n) is 5.97. The lowest BCUT2D eigenvalue weighted by molar-refractivity contribution is -0.126. The number of nitrogens with zero attached hydrogens (tertiary/aromatic N) is 1. The Morgan fingerprint density at radius 1 is 1.33 bits per heavy atom. The molecule has 2 N–H and O–H groups in total. The van der Waals surface area contributed by atoms with Gasteiger partial charge in [-0.15, -0.1) is 0 Å². The number of carbonyl (C=O) groups excluding carboxylic acids is 1. The van der Waals surface area contributed by atoms with Crippen molar-refractivity contribution in [2.75, 3.05) is 19.7 Å². The third-order valence-corrected chi connectivity index (χ3v) is 3.54. The molecule has 15 heavy (non-hydrogen) atoms. The third-order valence-electron chi connectivity index (χ3n) is 3.54. The Bertz CT molecular complexity index is 233. The molecule has 0 radical (unpaired) electrons. The molecule has 0 aromatic rings. The van der Waals surface area contributed by atoms with Gasteiger partial charge < -0.3 is 10.4 Å². The summed E-state index contributed by atoms with van der Waals surface area (Å²) in [5, 5.41) is 12.2. The first-order chi connectivity index (χ1) is 7.33. The van der Waals surface area contributed by atoms with Crippen LogP contribution < -0.4 is 5.32 Å². The van der Waals surface area contributed by atoms with Crippen molar-refractivity contribution < 1.29 is 9.90 Å². The van der Waals surface area contributed by atoms with Gasteiger partial charge in [0.2, 0.25) is 5.91 Å². The lowest BCUT2D eigenvalue weighted by atomic mass is 10.1. The van der Waals surface area contributed by atoms with Crippen molar-refractivity contribution >= 4 is 5.91 Å². The average molecular weight is 212 g/mol. The Balaban J connectivity index is 2.03. The molecule has 1 amide bonds. The summed E-state index contributed by atoms with van der Waals surface area (Å²) < 4.78 is 0. The van der Waals surface area contributed by atoms with Gasteiger partial charge in [-0.2, -0.15) is 0 Å². The summed E-state index contributed by atoms with van der Waals surface area (Å²) in [6.45, 7) is 1.96. The van der Waals surface area contributed by atoms with Gasteiger partial charge in [0.15, 0.2) is 0 Å². The van der Waals surface area contributed by atoms with E-state index in [1.165, 1.54) is 0 Å². The minimum atomic E-state index is 0.00662. The Kier molecular flexibility index (Phi) is 3.59. The molecule has 2 heterocycles. The van der Waals surface area contributed by atoms with Gasteiger partial charge in [-0.3, -0.25) is 9.69 Å². The summed E-state index contributed by atoms with van der Waals surface area (Å²) >= 11 is 0. The first kappa shape index (κ1) is 10.9. The number of likely N-dealkylation sites (tertiary alicyclic amines) is 1. The Morgan fingerprint density at radius 3 is 3.00 bits per heavy atom. The fourth-order valence-corrected chi connectivity index (χ4v) is 2.70. The number of aliphatic hydroxyl groups excluding tert-OH is 1. The lowest BCUT2D eigenvalue weighted by Gasteiger charge is -2.30. The third kappa shape index (κ3) is 2.32. The van der Waals surface area contributed by atoms with Crippen LogP contribution in [-0.4, -0.2) is 47.7 Å². The average Bonchev–Trinajstić information content (AvgIpc) is 2.61. The molecule has 0 aromatic heterocycles. The van der Waals surface area contributed by atoms with Gasteiger partial charge in [0.1, 0.15) is 0 Å². The smallest absolute Gasteiger partial charge is 0.237 e. The molecule has 2 aliphatic heterocycles. The largest absolute Gasteiger partial charge is 0.395 e. The zero-order chi connectivity index (χ0) is 10.7. The first-order valence-corrected chi connectivity index (χ1v) is 5.97. The molecule has 86 valence electrons. The van der Waals surface area contributed by atoms with Crippen LogP contribution in [0.1, 0.15) is 32.1 Å².